The zero-order valence-corrected chi connectivity index (χ0v) is 13.6. The van der Waals surface area contributed by atoms with Crippen molar-refractivity contribution in [1.29, 1.82) is 0 Å². The fourth-order valence-electron chi connectivity index (χ4n) is 1.86. The minimum Gasteiger partial charge on any atom is -0.324 e. The molecule has 0 aliphatic heterocycles. The Morgan fingerprint density at radius 2 is 1.80 bits per heavy atom. The van der Waals surface area contributed by atoms with Crippen molar-refractivity contribution >= 4 is 39.1 Å². The first-order chi connectivity index (χ1) is 9.41. The number of benzene rings is 2. The number of carbonyl (C=O) groups excluding carboxylic acids is 1. The molecule has 2 aromatic carbocycles. The second-order valence-corrected chi connectivity index (χ2v) is 6.39. The van der Waals surface area contributed by atoms with Crippen molar-refractivity contribution in [2.45, 2.75) is 19.3 Å². The van der Waals surface area contributed by atoms with Gasteiger partial charge in [0.25, 0.3) is 0 Å². The van der Waals surface area contributed by atoms with Crippen molar-refractivity contribution in [3.63, 3.8) is 0 Å². The number of nitrogens with one attached hydrogen (secondary N) is 1. The smallest absolute Gasteiger partial charge is 0.234 e. The molecule has 1 amide bonds. The van der Waals surface area contributed by atoms with E-state index in [1.807, 2.05) is 50.2 Å². The summed E-state index contributed by atoms with van der Waals surface area (Å²) in [4.78, 5) is 12.5. The Morgan fingerprint density at radius 1 is 1.15 bits per heavy atom. The highest BCUT2D eigenvalue weighted by atomic mass is 79.9. The Bertz CT molecular complexity index is 626. The molecular formula is C16H15BrClNO. The summed E-state index contributed by atoms with van der Waals surface area (Å²) in [5.41, 5.74) is 0.936. The molecule has 0 aromatic heterocycles. The molecule has 2 rings (SSSR count). The Morgan fingerprint density at radius 3 is 2.45 bits per heavy atom. The molecule has 2 aromatic rings. The lowest BCUT2D eigenvalue weighted by atomic mass is 9.83. The SMILES string of the molecule is CC(C)(C(=O)Nc1cc(Br)ccc1Cl)c1ccccc1. The number of hydrogen-bond acceptors (Lipinski definition) is 1. The summed E-state index contributed by atoms with van der Waals surface area (Å²) in [5.74, 6) is -0.0938. The monoisotopic (exact) mass is 351 g/mol. The largest absolute Gasteiger partial charge is 0.324 e. The van der Waals surface area contributed by atoms with Crippen LogP contribution in [0.2, 0.25) is 5.02 Å². The molecule has 0 saturated carbocycles. The second-order valence-electron chi connectivity index (χ2n) is 5.07. The molecule has 0 heterocycles. The molecule has 0 saturated heterocycles. The van der Waals surface area contributed by atoms with Gasteiger partial charge in [-0.1, -0.05) is 57.9 Å². The Labute approximate surface area is 132 Å². The highest BCUT2D eigenvalue weighted by molar-refractivity contribution is 9.10. The van der Waals surface area contributed by atoms with E-state index in [0.717, 1.165) is 10.0 Å². The molecule has 2 nitrogen and oxygen atoms in total. The summed E-state index contributed by atoms with van der Waals surface area (Å²) in [7, 11) is 0. The van der Waals surface area contributed by atoms with Crippen LogP contribution in [0.1, 0.15) is 19.4 Å². The lowest BCUT2D eigenvalue weighted by Gasteiger charge is -2.24. The molecule has 1 N–H and O–H groups in total. The Balaban J connectivity index is 2.26. The molecule has 104 valence electrons. The van der Waals surface area contributed by atoms with Gasteiger partial charge >= 0.3 is 0 Å². The highest BCUT2D eigenvalue weighted by Crippen LogP contribution is 2.29. The molecule has 0 bridgehead atoms. The van der Waals surface area contributed by atoms with Crippen LogP contribution >= 0.6 is 27.5 Å². The van der Waals surface area contributed by atoms with E-state index in [1.54, 1.807) is 12.1 Å². The predicted octanol–water partition coefficient (Wildman–Crippen LogP) is 5.02. The molecule has 0 atom stereocenters. The van der Waals surface area contributed by atoms with Gasteiger partial charge in [0.1, 0.15) is 0 Å². The predicted molar refractivity (Wildman–Crippen MR) is 87.2 cm³/mol. The molecule has 4 heteroatoms. The fourth-order valence-corrected chi connectivity index (χ4v) is 2.38. The van der Waals surface area contributed by atoms with Crippen LogP contribution in [-0.2, 0) is 10.2 Å². The molecule has 0 aliphatic rings. The number of amides is 1. The summed E-state index contributed by atoms with van der Waals surface area (Å²) >= 11 is 9.47. The second kappa shape index (κ2) is 5.98. The van der Waals surface area contributed by atoms with Gasteiger partial charge in [-0.05, 0) is 37.6 Å². The van der Waals surface area contributed by atoms with Gasteiger partial charge in [0.05, 0.1) is 16.1 Å². The number of halogens is 2. The third kappa shape index (κ3) is 3.22. The minimum absolute atomic E-state index is 0.0938. The summed E-state index contributed by atoms with van der Waals surface area (Å²) < 4.78 is 0.870. The average Bonchev–Trinajstić information content (AvgIpc) is 2.43. The van der Waals surface area contributed by atoms with E-state index < -0.39 is 5.41 Å². The van der Waals surface area contributed by atoms with Crippen LogP contribution < -0.4 is 5.32 Å². The molecule has 0 aliphatic carbocycles. The van der Waals surface area contributed by atoms with Gasteiger partial charge in [-0.3, -0.25) is 4.79 Å². The zero-order valence-electron chi connectivity index (χ0n) is 11.3. The quantitative estimate of drug-likeness (QED) is 0.825. The van der Waals surface area contributed by atoms with Gasteiger partial charge in [0.15, 0.2) is 0 Å². The maximum absolute atomic E-state index is 12.5. The van der Waals surface area contributed by atoms with E-state index in [2.05, 4.69) is 21.2 Å². The lowest BCUT2D eigenvalue weighted by molar-refractivity contribution is -0.120. The van der Waals surface area contributed by atoms with Crippen LogP contribution in [0.5, 0.6) is 0 Å². The first-order valence-corrected chi connectivity index (χ1v) is 7.40. The van der Waals surface area contributed by atoms with Crippen molar-refractivity contribution in [2.75, 3.05) is 5.32 Å². The normalized spacial score (nSPS) is 11.2. The molecule has 0 radical (unpaired) electrons. The van der Waals surface area contributed by atoms with Crippen LogP contribution in [0, 0.1) is 0 Å². The third-order valence-corrected chi connectivity index (χ3v) is 4.06. The maximum atomic E-state index is 12.5. The van der Waals surface area contributed by atoms with E-state index in [9.17, 15) is 4.79 Å². The average molecular weight is 353 g/mol. The molecule has 0 unspecified atom stereocenters. The van der Waals surface area contributed by atoms with E-state index in [-0.39, 0.29) is 5.91 Å². The van der Waals surface area contributed by atoms with Gasteiger partial charge < -0.3 is 5.32 Å². The lowest BCUT2D eigenvalue weighted by Crippen LogP contribution is -2.34. The van der Waals surface area contributed by atoms with Crippen LogP contribution in [-0.4, -0.2) is 5.91 Å². The first kappa shape index (κ1) is 15.1. The van der Waals surface area contributed by atoms with Crippen molar-refractivity contribution in [3.8, 4) is 0 Å². The van der Waals surface area contributed by atoms with Crippen LogP contribution in [0.25, 0.3) is 0 Å². The van der Waals surface area contributed by atoms with Crippen LogP contribution in [0.3, 0.4) is 0 Å². The van der Waals surface area contributed by atoms with E-state index in [0.29, 0.717) is 10.7 Å². The highest BCUT2D eigenvalue weighted by Gasteiger charge is 2.29. The van der Waals surface area contributed by atoms with Crippen LogP contribution in [0.15, 0.2) is 53.0 Å². The summed E-state index contributed by atoms with van der Waals surface area (Å²) in [6.45, 7) is 3.78. The van der Waals surface area contributed by atoms with E-state index in [4.69, 9.17) is 11.6 Å². The van der Waals surface area contributed by atoms with E-state index >= 15 is 0 Å². The maximum Gasteiger partial charge on any atom is 0.234 e. The van der Waals surface area contributed by atoms with E-state index in [1.165, 1.54) is 0 Å². The van der Waals surface area contributed by atoms with Crippen molar-refractivity contribution in [3.05, 3.63) is 63.6 Å². The van der Waals surface area contributed by atoms with Crippen LogP contribution in [0.4, 0.5) is 5.69 Å². The number of rotatable bonds is 3. The van der Waals surface area contributed by atoms with Crippen molar-refractivity contribution in [2.24, 2.45) is 0 Å². The first-order valence-electron chi connectivity index (χ1n) is 6.23. The molecular weight excluding hydrogens is 338 g/mol. The summed E-state index contributed by atoms with van der Waals surface area (Å²) in [5, 5.41) is 3.41. The number of hydrogen-bond donors (Lipinski definition) is 1. The van der Waals surface area contributed by atoms with Crippen molar-refractivity contribution in [1.82, 2.24) is 0 Å². The third-order valence-electron chi connectivity index (χ3n) is 3.24. The standard InChI is InChI=1S/C16H15BrClNO/c1-16(2,11-6-4-3-5-7-11)15(20)19-14-10-12(17)8-9-13(14)18/h3-10H,1-2H3,(H,19,20). The Kier molecular flexibility index (Phi) is 4.51. The Hall–Kier alpha value is -1.32. The number of carbonyl (C=O) groups is 1. The van der Waals surface area contributed by atoms with Crippen molar-refractivity contribution < 1.29 is 4.79 Å². The van der Waals surface area contributed by atoms with Gasteiger partial charge in [0, 0.05) is 4.47 Å². The molecule has 20 heavy (non-hydrogen) atoms. The zero-order chi connectivity index (χ0) is 14.8. The fraction of sp³-hybridized carbons (Fsp3) is 0.188. The summed E-state index contributed by atoms with van der Waals surface area (Å²) in [6, 6.07) is 15.1. The summed E-state index contributed by atoms with van der Waals surface area (Å²) in [6.07, 6.45) is 0. The van der Waals surface area contributed by atoms with Gasteiger partial charge in [-0.25, -0.2) is 0 Å². The molecule has 0 fully saturated rings. The minimum atomic E-state index is -0.632. The van der Waals surface area contributed by atoms with Gasteiger partial charge in [-0.2, -0.15) is 0 Å². The van der Waals surface area contributed by atoms with Gasteiger partial charge in [-0.15, -0.1) is 0 Å². The molecule has 0 spiro atoms. The topological polar surface area (TPSA) is 29.1 Å². The van der Waals surface area contributed by atoms with Gasteiger partial charge in [0.2, 0.25) is 5.91 Å². The number of anilines is 1.